The Kier molecular flexibility index (Phi) is 4.91. The Hall–Kier alpha value is -2.58. The summed E-state index contributed by atoms with van der Waals surface area (Å²) in [6, 6.07) is 9.79. The molecular weight excluding hydrogens is 316 g/mol. The largest absolute Gasteiger partial charge is 0.481 e. The van der Waals surface area contributed by atoms with Crippen LogP contribution < -0.4 is 0 Å². The van der Waals surface area contributed by atoms with Gasteiger partial charge in [-0.3, -0.25) is 4.79 Å². The van der Waals surface area contributed by atoms with E-state index in [1.165, 1.54) is 0 Å². The third kappa shape index (κ3) is 3.59. The third-order valence-electron chi connectivity index (χ3n) is 5.05. The molecule has 1 aromatic heterocycles. The van der Waals surface area contributed by atoms with Crippen LogP contribution in [0.5, 0.6) is 0 Å². The molecule has 1 aliphatic carbocycles. The zero-order chi connectivity index (χ0) is 17.9. The molecule has 0 saturated heterocycles. The van der Waals surface area contributed by atoms with E-state index < -0.39 is 17.5 Å². The molecule has 1 fully saturated rings. The van der Waals surface area contributed by atoms with E-state index in [0.29, 0.717) is 25.1 Å². The van der Waals surface area contributed by atoms with E-state index in [-0.39, 0.29) is 5.92 Å². The number of hydrogen-bond acceptors (Lipinski definition) is 3. The van der Waals surface area contributed by atoms with E-state index in [2.05, 4.69) is 16.8 Å². The first-order valence-electron chi connectivity index (χ1n) is 8.38. The highest BCUT2D eigenvalue weighted by Gasteiger charge is 2.43. The van der Waals surface area contributed by atoms with Gasteiger partial charge in [-0.1, -0.05) is 36.3 Å². The number of rotatable bonds is 3. The number of ether oxygens (including phenoxy) is 1. The fourth-order valence-corrected chi connectivity index (χ4v) is 3.54. The number of aliphatic carboxylic acids is 1. The minimum absolute atomic E-state index is 0.122. The van der Waals surface area contributed by atoms with Crippen molar-refractivity contribution in [1.29, 1.82) is 0 Å². The van der Waals surface area contributed by atoms with Gasteiger partial charge < -0.3 is 14.4 Å². The number of carbonyl (C=O) groups is 1. The second-order valence-corrected chi connectivity index (χ2v) is 6.51. The summed E-state index contributed by atoms with van der Waals surface area (Å²) in [7, 11) is 3.54. The minimum atomic E-state index is -0.754. The van der Waals surface area contributed by atoms with Gasteiger partial charge in [-0.2, -0.15) is 0 Å². The van der Waals surface area contributed by atoms with Crippen LogP contribution in [0.3, 0.4) is 0 Å². The summed E-state index contributed by atoms with van der Waals surface area (Å²) in [5.41, 5.74) is 0.369. The van der Waals surface area contributed by atoms with Gasteiger partial charge >= 0.3 is 5.97 Å². The van der Waals surface area contributed by atoms with Crippen LogP contribution >= 0.6 is 0 Å². The highest BCUT2D eigenvalue weighted by Crippen LogP contribution is 2.44. The van der Waals surface area contributed by atoms with Gasteiger partial charge in [0.05, 0.1) is 5.92 Å². The smallest absolute Gasteiger partial charge is 0.307 e. The maximum absolute atomic E-state index is 11.7. The Labute approximate surface area is 147 Å². The highest BCUT2D eigenvalue weighted by molar-refractivity contribution is 5.71. The fraction of sp³-hybridized carbons (Fsp3) is 0.400. The molecule has 1 heterocycles. The zero-order valence-electron chi connectivity index (χ0n) is 14.5. The molecule has 3 atom stereocenters. The lowest BCUT2D eigenvalue weighted by Crippen LogP contribution is -2.41. The Bertz CT molecular complexity index is 803. The summed E-state index contributed by atoms with van der Waals surface area (Å²) in [6.45, 7) is 0. The van der Waals surface area contributed by atoms with Gasteiger partial charge in [0.2, 0.25) is 0 Å². The number of carboxylic acids is 1. The first-order valence-corrected chi connectivity index (χ1v) is 8.38. The van der Waals surface area contributed by atoms with Crippen molar-refractivity contribution in [3.05, 3.63) is 54.1 Å². The molecule has 0 amide bonds. The van der Waals surface area contributed by atoms with Crippen molar-refractivity contribution in [3.8, 4) is 11.8 Å². The summed E-state index contributed by atoms with van der Waals surface area (Å²) in [4.78, 5) is 16.0. The summed E-state index contributed by atoms with van der Waals surface area (Å²) >= 11 is 0. The Morgan fingerprint density at radius 2 is 2.16 bits per heavy atom. The lowest BCUT2D eigenvalue weighted by atomic mass is 9.69. The topological polar surface area (TPSA) is 64.4 Å². The highest BCUT2D eigenvalue weighted by atomic mass is 16.5. The Morgan fingerprint density at radius 3 is 2.76 bits per heavy atom. The molecule has 2 aromatic rings. The molecule has 5 nitrogen and oxygen atoms in total. The molecule has 1 N–H and O–H groups in total. The van der Waals surface area contributed by atoms with E-state index in [1.54, 1.807) is 13.3 Å². The molecule has 1 saturated carbocycles. The fourth-order valence-electron chi connectivity index (χ4n) is 3.54. The van der Waals surface area contributed by atoms with Crippen LogP contribution in [-0.2, 0) is 16.6 Å². The molecule has 5 heteroatoms. The molecule has 0 aliphatic heterocycles. The van der Waals surface area contributed by atoms with Crippen molar-refractivity contribution in [3.63, 3.8) is 0 Å². The van der Waals surface area contributed by atoms with E-state index in [1.807, 2.05) is 48.1 Å². The monoisotopic (exact) mass is 338 g/mol. The number of nitrogens with zero attached hydrogens (tertiary/aromatic N) is 2. The van der Waals surface area contributed by atoms with Crippen LogP contribution in [0.25, 0.3) is 0 Å². The van der Waals surface area contributed by atoms with Gasteiger partial charge in [-0.15, -0.1) is 0 Å². The average Bonchev–Trinajstić information content (AvgIpc) is 3.05. The lowest BCUT2D eigenvalue weighted by molar-refractivity contribution is -0.145. The Balaban J connectivity index is 1.93. The molecule has 3 rings (SSSR count). The molecule has 1 aromatic carbocycles. The first-order chi connectivity index (χ1) is 12.0. The van der Waals surface area contributed by atoms with Crippen molar-refractivity contribution in [1.82, 2.24) is 9.55 Å². The molecule has 130 valence electrons. The molecule has 0 radical (unpaired) electrons. The van der Waals surface area contributed by atoms with Gasteiger partial charge in [0.1, 0.15) is 5.60 Å². The SMILES string of the molecule is COC1(C#Cc2nccn2C)CC[C@@H](C(=O)O)C(c2ccccc2)C1. The number of carboxylic acid groups (broad SMARTS) is 1. The zero-order valence-corrected chi connectivity index (χ0v) is 14.5. The van der Waals surface area contributed by atoms with E-state index in [4.69, 9.17) is 4.74 Å². The average molecular weight is 338 g/mol. The normalized spacial score (nSPS) is 25.8. The summed E-state index contributed by atoms with van der Waals surface area (Å²) in [6.07, 6.45) is 5.25. The predicted octanol–water partition coefficient (Wildman–Crippen LogP) is 2.83. The second-order valence-electron chi connectivity index (χ2n) is 6.51. The standard InChI is InChI=1S/C20H22N2O3/c1-22-13-12-21-18(22)9-11-20(25-2)10-8-16(19(23)24)17(14-20)15-6-4-3-5-7-15/h3-7,12-13,16-17H,8,10,14H2,1-2H3,(H,23,24)/t16-,17?,20?/m1/s1. The number of imidazole rings is 1. The van der Waals surface area contributed by atoms with Crippen molar-refractivity contribution in [2.24, 2.45) is 13.0 Å². The van der Waals surface area contributed by atoms with Gasteiger partial charge in [0.15, 0.2) is 5.82 Å². The van der Waals surface area contributed by atoms with E-state index in [9.17, 15) is 9.90 Å². The number of aromatic nitrogens is 2. The van der Waals surface area contributed by atoms with Crippen LogP contribution in [0.2, 0.25) is 0 Å². The van der Waals surface area contributed by atoms with Crippen LogP contribution in [0.1, 0.15) is 36.6 Å². The lowest BCUT2D eigenvalue weighted by Gasteiger charge is -2.39. The number of benzene rings is 1. The van der Waals surface area contributed by atoms with Gasteiger partial charge in [0, 0.05) is 32.5 Å². The van der Waals surface area contributed by atoms with E-state index in [0.717, 1.165) is 5.56 Å². The minimum Gasteiger partial charge on any atom is -0.481 e. The summed E-state index contributed by atoms with van der Waals surface area (Å²) in [5, 5.41) is 9.64. The van der Waals surface area contributed by atoms with Crippen molar-refractivity contribution >= 4 is 5.97 Å². The number of hydrogen-bond donors (Lipinski definition) is 1. The molecule has 2 unspecified atom stereocenters. The maximum atomic E-state index is 11.7. The van der Waals surface area contributed by atoms with E-state index >= 15 is 0 Å². The van der Waals surface area contributed by atoms with Gasteiger partial charge in [0.25, 0.3) is 0 Å². The maximum Gasteiger partial charge on any atom is 0.307 e. The van der Waals surface area contributed by atoms with Crippen LogP contribution in [0, 0.1) is 17.8 Å². The van der Waals surface area contributed by atoms with Gasteiger partial charge in [-0.25, -0.2) is 4.98 Å². The summed E-state index contributed by atoms with van der Waals surface area (Å²) in [5.74, 6) is 5.72. The van der Waals surface area contributed by atoms with Crippen LogP contribution in [-0.4, -0.2) is 33.3 Å². The first kappa shape index (κ1) is 17.2. The summed E-state index contributed by atoms with van der Waals surface area (Å²) < 4.78 is 7.65. The van der Waals surface area contributed by atoms with Crippen molar-refractivity contribution in [2.75, 3.05) is 7.11 Å². The van der Waals surface area contributed by atoms with Crippen molar-refractivity contribution in [2.45, 2.75) is 30.8 Å². The number of methoxy groups -OCH3 is 1. The van der Waals surface area contributed by atoms with Gasteiger partial charge in [-0.05, 0) is 30.7 Å². The molecular formula is C20H22N2O3. The predicted molar refractivity (Wildman–Crippen MR) is 94.0 cm³/mol. The Morgan fingerprint density at radius 1 is 1.40 bits per heavy atom. The second kappa shape index (κ2) is 7.12. The molecule has 1 aliphatic rings. The molecule has 0 spiro atoms. The molecule has 25 heavy (non-hydrogen) atoms. The third-order valence-corrected chi connectivity index (χ3v) is 5.05. The molecule has 0 bridgehead atoms. The van der Waals surface area contributed by atoms with Crippen LogP contribution in [0.4, 0.5) is 0 Å². The number of aryl methyl sites for hydroxylation is 1. The van der Waals surface area contributed by atoms with Crippen molar-refractivity contribution < 1.29 is 14.6 Å². The quantitative estimate of drug-likeness (QED) is 0.874. The van der Waals surface area contributed by atoms with Crippen LogP contribution in [0.15, 0.2) is 42.7 Å².